The van der Waals surface area contributed by atoms with Gasteiger partial charge in [-0.15, -0.1) is 0 Å². The van der Waals surface area contributed by atoms with Gasteiger partial charge in [0.25, 0.3) is 0 Å². The Hall–Kier alpha value is -1.66. The molecule has 2 aromatic rings. The standard InChI is InChI=1S/C14H12BrNO3S/c1-11-2-8-14(9-3-11)20(17,18)19-16-10-12-4-6-13(15)7-5-12/h2-10H,1H3/b16-10+. The topological polar surface area (TPSA) is 55.7 Å². The molecule has 0 aliphatic rings. The van der Waals surface area contributed by atoms with Crippen molar-refractivity contribution in [3.8, 4) is 0 Å². The van der Waals surface area contributed by atoms with Crippen LogP contribution in [-0.2, 0) is 14.4 Å². The number of aryl methyl sites for hydroxylation is 1. The Bertz CT molecular complexity index is 707. The fourth-order valence-corrected chi connectivity index (χ4v) is 2.41. The van der Waals surface area contributed by atoms with Gasteiger partial charge in [-0.25, -0.2) is 0 Å². The van der Waals surface area contributed by atoms with Gasteiger partial charge in [-0.2, -0.15) is 8.42 Å². The predicted octanol–water partition coefficient (Wildman–Crippen LogP) is 3.50. The zero-order valence-electron chi connectivity index (χ0n) is 10.7. The molecule has 0 aliphatic heterocycles. The number of halogens is 1. The van der Waals surface area contributed by atoms with Crippen molar-refractivity contribution in [3.63, 3.8) is 0 Å². The van der Waals surface area contributed by atoms with Crippen LogP contribution in [0.5, 0.6) is 0 Å². The van der Waals surface area contributed by atoms with E-state index in [0.717, 1.165) is 15.6 Å². The lowest BCUT2D eigenvalue weighted by Crippen LogP contribution is -2.02. The summed E-state index contributed by atoms with van der Waals surface area (Å²) in [6.45, 7) is 1.88. The lowest BCUT2D eigenvalue weighted by Gasteiger charge is -2.01. The number of rotatable bonds is 4. The van der Waals surface area contributed by atoms with Gasteiger partial charge >= 0.3 is 10.1 Å². The Balaban J connectivity index is 2.09. The van der Waals surface area contributed by atoms with E-state index in [0.29, 0.717) is 0 Å². The van der Waals surface area contributed by atoms with E-state index in [1.807, 2.05) is 19.1 Å². The third-order valence-corrected chi connectivity index (χ3v) is 4.18. The number of nitrogens with zero attached hydrogens (tertiary/aromatic N) is 1. The van der Waals surface area contributed by atoms with Crippen molar-refractivity contribution >= 4 is 32.3 Å². The molecule has 0 radical (unpaired) electrons. The summed E-state index contributed by atoms with van der Waals surface area (Å²) in [4.78, 5) is 0.0797. The maximum absolute atomic E-state index is 11.8. The van der Waals surface area contributed by atoms with Gasteiger partial charge in [-0.1, -0.05) is 50.9 Å². The quantitative estimate of drug-likeness (QED) is 0.624. The minimum absolute atomic E-state index is 0.0797. The van der Waals surface area contributed by atoms with Gasteiger partial charge in [0.15, 0.2) is 0 Å². The van der Waals surface area contributed by atoms with Gasteiger partial charge < -0.3 is 0 Å². The summed E-state index contributed by atoms with van der Waals surface area (Å²) >= 11 is 3.31. The highest BCUT2D eigenvalue weighted by atomic mass is 79.9. The summed E-state index contributed by atoms with van der Waals surface area (Å²) in [6.07, 6.45) is 1.35. The molecule has 4 nitrogen and oxygen atoms in total. The minimum atomic E-state index is -3.86. The predicted molar refractivity (Wildman–Crippen MR) is 81.2 cm³/mol. The molecule has 0 saturated heterocycles. The second kappa shape index (κ2) is 6.19. The molecule has 20 heavy (non-hydrogen) atoms. The third kappa shape index (κ3) is 3.91. The molecule has 0 unspecified atom stereocenters. The lowest BCUT2D eigenvalue weighted by atomic mass is 10.2. The van der Waals surface area contributed by atoms with Crippen LogP contribution in [0.1, 0.15) is 11.1 Å². The van der Waals surface area contributed by atoms with Crippen molar-refractivity contribution in [2.75, 3.05) is 0 Å². The monoisotopic (exact) mass is 353 g/mol. The van der Waals surface area contributed by atoms with Crippen LogP contribution in [0.2, 0.25) is 0 Å². The van der Waals surface area contributed by atoms with E-state index >= 15 is 0 Å². The number of hydrogen-bond donors (Lipinski definition) is 0. The smallest absolute Gasteiger partial charge is 0.265 e. The van der Waals surface area contributed by atoms with Gasteiger partial charge in [0.2, 0.25) is 0 Å². The number of oxime groups is 1. The maximum atomic E-state index is 11.8. The summed E-state index contributed by atoms with van der Waals surface area (Å²) in [6, 6.07) is 13.6. The molecule has 0 amide bonds. The highest BCUT2D eigenvalue weighted by Gasteiger charge is 2.14. The van der Waals surface area contributed by atoms with Crippen LogP contribution in [0.3, 0.4) is 0 Å². The Morgan fingerprint density at radius 3 is 2.25 bits per heavy atom. The van der Waals surface area contributed by atoms with E-state index in [9.17, 15) is 8.42 Å². The molecule has 0 aromatic heterocycles. The van der Waals surface area contributed by atoms with Crippen LogP contribution in [0, 0.1) is 6.92 Å². The van der Waals surface area contributed by atoms with Crippen LogP contribution in [0.25, 0.3) is 0 Å². The normalized spacial score (nSPS) is 11.7. The third-order valence-electron chi connectivity index (χ3n) is 2.52. The van der Waals surface area contributed by atoms with E-state index in [1.54, 1.807) is 24.3 Å². The summed E-state index contributed by atoms with van der Waals surface area (Å²) in [5.41, 5.74) is 1.72. The van der Waals surface area contributed by atoms with Gasteiger partial charge in [-0.3, -0.25) is 4.28 Å². The number of hydrogen-bond acceptors (Lipinski definition) is 4. The second-order valence-electron chi connectivity index (χ2n) is 4.13. The molecular formula is C14H12BrNO3S. The molecule has 2 rings (SSSR count). The van der Waals surface area contributed by atoms with Crippen molar-refractivity contribution in [3.05, 3.63) is 64.1 Å². The first kappa shape index (κ1) is 14.7. The van der Waals surface area contributed by atoms with Crippen LogP contribution < -0.4 is 0 Å². The zero-order valence-corrected chi connectivity index (χ0v) is 13.1. The molecule has 0 bridgehead atoms. The summed E-state index contributed by atoms with van der Waals surface area (Å²) < 4.78 is 29.2. The second-order valence-corrected chi connectivity index (χ2v) is 6.57. The Morgan fingerprint density at radius 2 is 1.65 bits per heavy atom. The summed E-state index contributed by atoms with van der Waals surface area (Å²) in [5, 5.41) is 3.51. The molecule has 0 atom stereocenters. The molecule has 0 spiro atoms. The highest BCUT2D eigenvalue weighted by Crippen LogP contribution is 2.14. The maximum Gasteiger partial charge on any atom is 0.358 e. The number of benzene rings is 2. The van der Waals surface area contributed by atoms with Crippen LogP contribution in [-0.4, -0.2) is 14.6 Å². The highest BCUT2D eigenvalue weighted by molar-refractivity contribution is 9.10. The molecule has 0 fully saturated rings. The first-order chi connectivity index (χ1) is 9.47. The van der Waals surface area contributed by atoms with Crippen molar-refractivity contribution < 1.29 is 12.7 Å². The molecule has 0 N–H and O–H groups in total. The van der Waals surface area contributed by atoms with E-state index < -0.39 is 10.1 Å². The van der Waals surface area contributed by atoms with Gasteiger partial charge in [0, 0.05) is 4.47 Å². The Morgan fingerprint density at radius 1 is 1.05 bits per heavy atom. The summed E-state index contributed by atoms with van der Waals surface area (Å²) in [7, 11) is -3.86. The molecule has 0 saturated carbocycles. The average Bonchev–Trinajstić information content (AvgIpc) is 2.41. The Kier molecular flexibility index (Phi) is 4.57. The fraction of sp³-hybridized carbons (Fsp3) is 0.0714. The molecule has 0 aliphatic carbocycles. The van der Waals surface area contributed by atoms with E-state index in [1.165, 1.54) is 18.3 Å². The molecule has 104 valence electrons. The molecule has 0 heterocycles. The largest absolute Gasteiger partial charge is 0.358 e. The van der Waals surface area contributed by atoms with Crippen LogP contribution >= 0.6 is 15.9 Å². The van der Waals surface area contributed by atoms with Gasteiger partial charge in [0.1, 0.15) is 4.90 Å². The molecular weight excluding hydrogens is 342 g/mol. The lowest BCUT2D eigenvalue weighted by molar-refractivity contribution is 0.341. The summed E-state index contributed by atoms with van der Waals surface area (Å²) in [5.74, 6) is 0. The fourth-order valence-electron chi connectivity index (χ4n) is 1.44. The van der Waals surface area contributed by atoms with Gasteiger partial charge in [0.05, 0.1) is 6.21 Å². The van der Waals surface area contributed by atoms with E-state index in [2.05, 4.69) is 25.4 Å². The van der Waals surface area contributed by atoms with Crippen molar-refractivity contribution in [1.82, 2.24) is 0 Å². The molecule has 2 aromatic carbocycles. The van der Waals surface area contributed by atoms with Crippen molar-refractivity contribution in [2.45, 2.75) is 11.8 Å². The van der Waals surface area contributed by atoms with Crippen LogP contribution in [0.4, 0.5) is 0 Å². The van der Waals surface area contributed by atoms with Crippen LogP contribution in [0.15, 0.2) is 63.1 Å². The first-order valence-electron chi connectivity index (χ1n) is 5.77. The van der Waals surface area contributed by atoms with Crippen molar-refractivity contribution in [2.24, 2.45) is 5.16 Å². The van der Waals surface area contributed by atoms with Gasteiger partial charge in [-0.05, 0) is 36.8 Å². The molecule has 6 heteroatoms. The first-order valence-corrected chi connectivity index (χ1v) is 7.97. The average molecular weight is 354 g/mol. The SMILES string of the molecule is Cc1ccc(S(=O)(=O)O/N=C/c2ccc(Br)cc2)cc1. The van der Waals surface area contributed by atoms with Crippen molar-refractivity contribution in [1.29, 1.82) is 0 Å². The Labute approximate surface area is 126 Å². The minimum Gasteiger partial charge on any atom is -0.265 e. The van der Waals surface area contributed by atoms with E-state index in [-0.39, 0.29) is 4.90 Å². The zero-order chi connectivity index (χ0) is 14.6. The van der Waals surface area contributed by atoms with E-state index in [4.69, 9.17) is 0 Å².